The zero-order chi connectivity index (χ0) is 16.6. The molecule has 0 saturated carbocycles. The maximum Gasteiger partial charge on any atom is 0.272 e. The van der Waals surface area contributed by atoms with Crippen LogP contribution in [0.1, 0.15) is 40.8 Å². The van der Waals surface area contributed by atoms with Crippen LogP contribution in [0, 0.1) is 6.92 Å². The van der Waals surface area contributed by atoms with Crippen LogP contribution in [0.5, 0.6) is 0 Å². The van der Waals surface area contributed by atoms with E-state index in [9.17, 15) is 9.59 Å². The number of aromatic amines is 1. The van der Waals surface area contributed by atoms with Crippen molar-refractivity contribution < 1.29 is 9.59 Å². The second kappa shape index (κ2) is 5.86. The predicted molar refractivity (Wildman–Crippen MR) is 82.5 cm³/mol. The first-order valence-corrected chi connectivity index (χ1v) is 7.52. The standard InChI is InChI=1S/C15H20N6O2/c1-9-6-11(19-18-9)15(23)17-10-4-5-13(22)21(3)14(10)12-7-16-8-20(12)2/h6-8,10,14H,4-5H2,1-3H3,(H,17,23)(H,18,19)/t10-,14-/m1/s1. The molecule has 0 unspecified atom stereocenters. The average molecular weight is 316 g/mol. The van der Waals surface area contributed by atoms with Crippen LogP contribution in [0.15, 0.2) is 18.6 Å². The third kappa shape index (κ3) is 2.84. The van der Waals surface area contributed by atoms with Crippen LogP contribution < -0.4 is 5.32 Å². The summed E-state index contributed by atoms with van der Waals surface area (Å²) in [4.78, 5) is 30.3. The van der Waals surface area contributed by atoms with E-state index in [-0.39, 0.29) is 23.9 Å². The highest BCUT2D eigenvalue weighted by molar-refractivity contribution is 5.92. The Morgan fingerprint density at radius 1 is 1.43 bits per heavy atom. The average Bonchev–Trinajstić information content (AvgIpc) is 3.12. The van der Waals surface area contributed by atoms with Gasteiger partial charge >= 0.3 is 0 Å². The molecule has 2 N–H and O–H groups in total. The molecule has 3 rings (SSSR count). The summed E-state index contributed by atoms with van der Waals surface area (Å²) in [5.74, 6) is -0.174. The molecular formula is C15H20N6O2. The molecule has 0 radical (unpaired) electrons. The minimum absolute atomic E-state index is 0.0670. The number of likely N-dealkylation sites (tertiary alicyclic amines) is 1. The normalized spacial score (nSPS) is 21.5. The molecule has 3 heterocycles. The molecule has 2 atom stereocenters. The number of nitrogens with one attached hydrogen (secondary N) is 2. The lowest BCUT2D eigenvalue weighted by atomic mass is 9.93. The summed E-state index contributed by atoms with van der Waals surface area (Å²) < 4.78 is 1.87. The van der Waals surface area contributed by atoms with Gasteiger partial charge < -0.3 is 14.8 Å². The Morgan fingerprint density at radius 3 is 2.83 bits per heavy atom. The van der Waals surface area contributed by atoms with Crippen molar-refractivity contribution >= 4 is 11.8 Å². The van der Waals surface area contributed by atoms with Gasteiger partial charge in [-0.2, -0.15) is 5.10 Å². The molecule has 2 amide bonds. The zero-order valence-electron chi connectivity index (χ0n) is 13.4. The monoisotopic (exact) mass is 316 g/mol. The van der Waals surface area contributed by atoms with Crippen molar-refractivity contribution in [2.45, 2.75) is 31.8 Å². The van der Waals surface area contributed by atoms with Crippen LogP contribution in [0.4, 0.5) is 0 Å². The van der Waals surface area contributed by atoms with Gasteiger partial charge in [-0.05, 0) is 19.4 Å². The van der Waals surface area contributed by atoms with E-state index in [1.807, 2.05) is 18.5 Å². The summed E-state index contributed by atoms with van der Waals surface area (Å²) >= 11 is 0. The van der Waals surface area contributed by atoms with Gasteiger partial charge in [-0.1, -0.05) is 0 Å². The highest BCUT2D eigenvalue weighted by Crippen LogP contribution is 2.30. The summed E-state index contributed by atoms with van der Waals surface area (Å²) in [6.07, 6.45) is 4.43. The van der Waals surface area contributed by atoms with Crippen LogP contribution in [0.3, 0.4) is 0 Å². The van der Waals surface area contributed by atoms with Gasteiger partial charge in [0.1, 0.15) is 5.69 Å². The fourth-order valence-electron chi connectivity index (χ4n) is 3.02. The lowest BCUT2D eigenvalue weighted by Crippen LogP contribution is -2.51. The number of hydrogen-bond donors (Lipinski definition) is 2. The van der Waals surface area contributed by atoms with Gasteiger partial charge in [0, 0.05) is 26.2 Å². The third-order valence-corrected chi connectivity index (χ3v) is 4.27. The molecule has 2 aromatic rings. The molecule has 1 saturated heterocycles. The molecule has 8 nitrogen and oxygen atoms in total. The quantitative estimate of drug-likeness (QED) is 0.864. The van der Waals surface area contributed by atoms with E-state index >= 15 is 0 Å². The number of nitrogens with zero attached hydrogens (tertiary/aromatic N) is 4. The Morgan fingerprint density at radius 2 is 2.22 bits per heavy atom. The molecule has 1 aliphatic rings. The fraction of sp³-hybridized carbons (Fsp3) is 0.467. The number of piperidine rings is 1. The van der Waals surface area contributed by atoms with Crippen LogP contribution in [0.25, 0.3) is 0 Å². The lowest BCUT2D eigenvalue weighted by Gasteiger charge is -2.39. The Balaban J connectivity index is 1.85. The zero-order valence-corrected chi connectivity index (χ0v) is 13.4. The van der Waals surface area contributed by atoms with Crippen molar-refractivity contribution in [2.75, 3.05) is 7.05 Å². The molecule has 0 aliphatic carbocycles. The van der Waals surface area contributed by atoms with Crippen molar-refractivity contribution in [1.82, 2.24) is 30.0 Å². The number of imidazole rings is 1. The topological polar surface area (TPSA) is 95.9 Å². The van der Waals surface area contributed by atoms with E-state index in [0.29, 0.717) is 18.5 Å². The van der Waals surface area contributed by atoms with Crippen molar-refractivity contribution in [3.63, 3.8) is 0 Å². The van der Waals surface area contributed by atoms with E-state index < -0.39 is 0 Å². The maximum atomic E-state index is 12.4. The summed E-state index contributed by atoms with van der Waals surface area (Å²) in [6.45, 7) is 1.84. The first-order valence-electron chi connectivity index (χ1n) is 7.52. The van der Waals surface area contributed by atoms with E-state index in [0.717, 1.165) is 11.4 Å². The number of aryl methyl sites for hydroxylation is 2. The Labute approximate surface area is 133 Å². The Kier molecular flexibility index (Phi) is 3.89. The number of likely N-dealkylation sites (N-methyl/N-ethyl adjacent to an activating group) is 1. The minimum atomic E-state index is -0.243. The van der Waals surface area contributed by atoms with E-state index in [1.165, 1.54) is 0 Å². The van der Waals surface area contributed by atoms with Crippen molar-refractivity contribution in [3.05, 3.63) is 35.7 Å². The van der Waals surface area contributed by atoms with Crippen LogP contribution >= 0.6 is 0 Å². The smallest absolute Gasteiger partial charge is 0.272 e. The van der Waals surface area contributed by atoms with Crippen LogP contribution in [0.2, 0.25) is 0 Å². The van der Waals surface area contributed by atoms with Gasteiger partial charge in [-0.25, -0.2) is 4.98 Å². The first-order chi connectivity index (χ1) is 11.0. The number of H-pyrrole nitrogens is 1. The largest absolute Gasteiger partial charge is 0.345 e. The molecule has 1 fully saturated rings. The summed E-state index contributed by atoms with van der Waals surface area (Å²) in [7, 11) is 3.64. The molecule has 1 aliphatic heterocycles. The second-order valence-corrected chi connectivity index (χ2v) is 5.93. The number of aromatic nitrogens is 4. The van der Waals surface area contributed by atoms with E-state index in [4.69, 9.17) is 0 Å². The van der Waals surface area contributed by atoms with E-state index in [1.54, 1.807) is 30.5 Å². The first kappa shape index (κ1) is 15.3. The summed E-state index contributed by atoms with van der Waals surface area (Å²) in [5, 5.41) is 9.75. The Hall–Kier alpha value is -2.64. The van der Waals surface area contributed by atoms with Crippen molar-refractivity contribution in [2.24, 2.45) is 7.05 Å². The molecule has 0 spiro atoms. The van der Waals surface area contributed by atoms with Gasteiger partial charge in [0.05, 0.1) is 30.3 Å². The van der Waals surface area contributed by atoms with Crippen molar-refractivity contribution in [1.29, 1.82) is 0 Å². The molecule has 8 heteroatoms. The summed E-state index contributed by atoms with van der Waals surface area (Å²) in [5.41, 5.74) is 2.07. The minimum Gasteiger partial charge on any atom is -0.345 e. The predicted octanol–water partition coefficient (Wildman–Crippen LogP) is 0.544. The maximum absolute atomic E-state index is 12.4. The SMILES string of the molecule is Cc1cc(C(=O)N[C@@H]2CCC(=O)N(C)[C@H]2c2cncn2C)n[nH]1. The number of hydrogen-bond acceptors (Lipinski definition) is 4. The third-order valence-electron chi connectivity index (χ3n) is 4.27. The highest BCUT2D eigenvalue weighted by Gasteiger charge is 2.37. The second-order valence-electron chi connectivity index (χ2n) is 5.93. The van der Waals surface area contributed by atoms with Crippen LogP contribution in [-0.4, -0.2) is 49.6 Å². The number of amides is 2. The molecular weight excluding hydrogens is 296 g/mol. The van der Waals surface area contributed by atoms with Gasteiger partial charge in [0.15, 0.2) is 0 Å². The molecule has 0 bridgehead atoms. The van der Waals surface area contributed by atoms with Gasteiger partial charge in [-0.15, -0.1) is 0 Å². The van der Waals surface area contributed by atoms with E-state index in [2.05, 4.69) is 20.5 Å². The number of rotatable bonds is 3. The molecule has 2 aromatic heterocycles. The lowest BCUT2D eigenvalue weighted by molar-refractivity contribution is -0.136. The molecule has 122 valence electrons. The molecule has 23 heavy (non-hydrogen) atoms. The van der Waals surface area contributed by atoms with Gasteiger partial charge in [0.25, 0.3) is 5.91 Å². The van der Waals surface area contributed by atoms with Gasteiger partial charge in [0.2, 0.25) is 5.91 Å². The summed E-state index contributed by atoms with van der Waals surface area (Å²) in [6, 6.07) is 1.27. The Bertz CT molecular complexity index is 734. The highest BCUT2D eigenvalue weighted by atomic mass is 16.2. The van der Waals surface area contributed by atoms with Crippen LogP contribution in [-0.2, 0) is 11.8 Å². The van der Waals surface area contributed by atoms with Gasteiger partial charge in [-0.3, -0.25) is 14.7 Å². The molecule has 0 aromatic carbocycles. The fourth-order valence-corrected chi connectivity index (χ4v) is 3.02. The van der Waals surface area contributed by atoms with Crippen molar-refractivity contribution in [3.8, 4) is 0 Å². The number of carbonyl (C=O) groups is 2. The number of carbonyl (C=O) groups excluding carboxylic acids is 2.